The molecule has 0 aliphatic carbocycles. The highest BCUT2D eigenvalue weighted by atomic mass is 35.5. The van der Waals surface area contributed by atoms with Gasteiger partial charge in [0.1, 0.15) is 17.5 Å². The normalized spacial score (nSPS) is 11.6. The molecule has 0 aliphatic rings. The third-order valence-corrected chi connectivity index (χ3v) is 5.85. The molecule has 1 N–H and O–H groups in total. The Bertz CT molecular complexity index is 909. The van der Waals surface area contributed by atoms with Gasteiger partial charge in [0.2, 0.25) is 5.91 Å². The molecule has 7 heteroatoms. The molecule has 2 rings (SSSR count). The van der Waals surface area contributed by atoms with Crippen LogP contribution in [0.25, 0.3) is 0 Å². The van der Waals surface area contributed by atoms with Crippen molar-refractivity contribution in [2.24, 2.45) is 0 Å². The van der Waals surface area contributed by atoms with Gasteiger partial charge in [-0.25, -0.2) is 0 Å². The monoisotopic (exact) mass is 460 g/mol. The minimum absolute atomic E-state index is 0.183. The van der Waals surface area contributed by atoms with E-state index in [1.165, 1.54) is 4.90 Å². The van der Waals surface area contributed by atoms with E-state index >= 15 is 0 Å². The second kappa shape index (κ2) is 12.3. The lowest BCUT2D eigenvalue weighted by Gasteiger charge is -2.29. The first-order valence-corrected chi connectivity index (χ1v) is 11.2. The molecule has 174 valence electrons. The Morgan fingerprint density at radius 1 is 1.12 bits per heavy atom. The minimum Gasteiger partial charge on any atom is -0.497 e. The number of rotatable bonds is 11. The van der Waals surface area contributed by atoms with E-state index in [1.807, 2.05) is 38.1 Å². The molecule has 0 heterocycles. The van der Waals surface area contributed by atoms with Crippen molar-refractivity contribution >= 4 is 23.4 Å². The highest BCUT2D eigenvalue weighted by Crippen LogP contribution is 2.26. The maximum absolute atomic E-state index is 13.2. The molecule has 0 bridgehead atoms. The van der Waals surface area contributed by atoms with Crippen LogP contribution in [0.15, 0.2) is 36.4 Å². The predicted octanol–water partition coefficient (Wildman–Crippen LogP) is 4.68. The molecule has 0 spiro atoms. The van der Waals surface area contributed by atoms with E-state index < -0.39 is 6.04 Å². The van der Waals surface area contributed by atoms with Crippen LogP contribution in [0.5, 0.6) is 11.5 Å². The number of unbranched alkanes of at least 4 members (excludes halogenated alkanes) is 1. The van der Waals surface area contributed by atoms with E-state index in [4.69, 9.17) is 21.1 Å². The largest absolute Gasteiger partial charge is 0.497 e. The zero-order valence-corrected chi connectivity index (χ0v) is 20.3. The fourth-order valence-electron chi connectivity index (χ4n) is 3.30. The first-order valence-electron chi connectivity index (χ1n) is 10.9. The summed E-state index contributed by atoms with van der Waals surface area (Å²) in [4.78, 5) is 27.4. The number of halogens is 1. The average Bonchev–Trinajstić information content (AvgIpc) is 2.79. The zero-order chi connectivity index (χ0) is 23.7. The smallest absolute Gasteiger partial charge is 0.261 e. The highest BCUT2D eigenvalue weighted by Gasteiger charge is 2.26. The Labute approximate surface area is 195 Å². The number of carbonyl (C=O) groups excluding carboxylic acids is 2. The number of benzene rings is 2. The van der Waals surface area contributed by atoms with Gasteiger partial charge in [-0.2, -0.15) is 0 Å². The van der Waals surface area contributed by atoms with Crippen molar-refractivity contribution in [3.05, 3.63) is 58.1 Å². The van der Waals surface area contributed by atoms with Crippen molar-refractivity contribution in [1.82, 2.24) is 10.2 Å². The summed E-state index contributed by atoms with van der Waals surface area (Å²) in [6, 6.07) is 10.4. The van der Waals surface area contributed by atoms with Gasteiger partial charge in [0.25, 0.3) is 5.91 Å². The zero-order valence-electron chi connectivity index (χ0n) is 19.5. The van der Waals surface area contributed by atoms with E-state index in [2.05, 4.69) is 12.2 Å². The van der Waals surface area contributed by atoms with Gasteiger partial charge in [0.15, 0.2) is 6.61 Å². The summed E-state index contributed by atoms with van der Waals surface area (Å²) in [6.07, 6.45) is 1.87. The van der Waals surface area contributed by atoms with Crippen molar-refractivity contribution in [3.8, 4) is 11.5 Å². The van der Waals surface area contributed by atoms with Crippen LogP contribution in [0.3, 0.4) is 0 Å². The molecule has 0 saturated carbocycles. The van der Waals surface area contributed by atoms with Gasteiger partial charge in [0, 0.05) is 18.1 Å². The molecule has 0 fully saturated rings. The fraction of sp³-hybridized carbons (Fsp3) is 0.440. The number of hydrogen-bond acceptors (Lipinski definition) is 4. The summed E-state index contributed by atoms with van der Waals surface area (Å²) in [6.45, 7) is 8.24. The molecule has 32 heavy (non-hydrogen) atoms. The first kappa shape index (κ1) is 25.5. The van der Waals surface area contributed by atoms with Gasteiger partial charge in [-0.05, 0) is 68.1 Å². The Kier molecular flexibility index (Phi) is 9.85. The molecule has 0 aromatic heterocycles. The van der Waals surface area contributed by atoms with Crippen LogP contribution < -0.4 is 14.8 Å². The maximum atomic E-state index is 13.2. The van der Waals surface area contributed by atoms with E-state index in [9.17, 15) is 9.59 Å². The number of ether oxygens (including phenoxy) is 2. The number of methoxy groups -OCH3 is 1. The highest BCUT2D eigenvalue weighted by molar-refractivity contribution is 6.32. The molecule has 6 nitrogen and oxygen atoms in total. The Hall–Kier alpha value is -2.73. The summed E-state index contributed by atoms with van der Waals surface area (Å²) in [5.41, 5.74) is 2.63. The second-order valence-corrected chi connectivity index (χ2v) is 8.23. The molecule has 0 unspecified atom stereocenters. The van der Waals surface area contributed by atoms with Crippen LogP contribution in [0.4, 0.5) is 0 Å². The SMILES string of the molecule is CCCCNC(=O)[C@H](C)N(Cc1cccc(OC)c1)C(=O)COc1cc(C)c(Cl)c(C)c1. The van der Waals surface area contributed by atoms with Crippen LogP contribution in [0.1, 0.15) is 43.4 Å². The van der Waals surface area contributed by atoms with Crippen molar-refractivity contribution in [2.45, 2.75) is 53.1 Å². The van der Waals surface area contributed by atoms with Crippen molar-refractivity contribution in [3.63, 3.8) is 0 Å². The molecular weight excluding hydrogens is 428 g/mol. The van der Waals surface area contributed by atoms with Crippen LogP contribution >= 0.6 is 11.6 Å². The van der Waals surface area contributed by atoms with Crippen molar-refractivity contribution < 1.29 is 19.1 Å². The van der Waals surface area contributed by atoms with Gasteiger partial charge in [0.05, 0.1) is 7.11 Å². The third-order valence-electron chi connectivity index (χ3n) is 5.26. The topological polar surface area (TPSA) is 67.9 Å². The lowest BCUT2D eigenvalue weighted by atomic mass is 10.1. The standard InChI is InChI=1S/C25H33ClN2O4/c1-6-7-11-27-25(30)19(4)28(15-20-9-8-10-21(14-20)31-5)23(29)16-32-22-12-17(2)24(26)18(3)13-22/h8-10,12-14,19H,6-7,11,15-16H2,1-5H3,(H,27,30)/t19-/m0/s1. The second-order valence-electron chi connectivity index (χ2n) is 7.85. The van der Waals surface area contributed by atoms with E-state index in [0.29, 0.717) is 23.1 Å². The molecule has 0 aliphatic heterocycles. The lowest BCUT2D eigenvalue weighted by Crippen LogP contribution is -2.49. The van der Waals surface area contributed by atoms with Gasteiger partial charge in [-0.1, -0.05) is 37.1 Å². The number of carbonyl (C=O) groups is 2. The Balaban J connectivity index is 2.17. The van der Waals surface area contributed by atoms with Crippen LogP contribution in [0.2, 0.25) is 5.02 Å². The number of nitrogens with zero attached hydrogens (tertiary/aromatic N) is 1. The quantitative estimate of drug-likeness (QED) is 0.494. The van der Waals surface area contributed by atoms with Crippen molar-refractivity contribution in [2.75, 3.05) is 20.3 Å². The number of hydrogen-bond donors (Lipinski definition) is 1. The first-order chi connectivity index (χ1) is 15.3. The van der Waals surface area contributed by atoms with Crippen LogP contribution in [-0.2, 0) is 16.1 Å². The van der Waals surface area contributed by atoms with E-state index in [0.717, 1.165) is 29.5 Å². The summed E-state index contributed by atoms with van der Waals surface area (Å²) in [7, 11) is 1.59. The Morgan fingerprint density at radius 2 is 1.81 bits per heavy atom. The molecule has 0 saturated heterocycles. The Morgan fingerprint density at radius 3 is 2.44 bits per heavy atom. The minimum atomic E-state index is -0.650. The van der Waals surface area contributed by atoms with Crippen LogP contribution in [0, 0.1) is 13.8 Å². The summed E-state index contributed by atoms with van der Waals surface area (Å²) in [5, 5.41) is 3.59. The molecule has 2 aromatic rings. The van der Waals surface area contributed by atoms with E-state index in [1.54, 1.807) is 26.2 Å². The molecule has 2 aromatic carbocycles. The van der Waals surface area contributed by atoms with Crippen molar-refractivity contribution in [1.29, 1.82) is 0 Å². The number of amides is 2. The molecule has 2 amide bonds. The van der Waals surface area contributed by atoms with Crippen LogP contribution in [-0.4, -0.2) is 43.0 Å². The van der Waals surface area contributed by atoms with Gasteiger partial charge >= 0.3 is 0 Å². The average molecular weight is 461 g/mol. The van der Waals surface area contributed by atoms with Gasteiger partial charge in [-0.15, -0.1) is 0 Å². The summed E-state index contributed by atoms with van der Waals surface area (Å²) >= 11 is 6.22. The lowest BCUT2D eigenvalue weighted by molar-refractivity contribution is -0.142. The van der Waals surface area contributed by atoms with Gasteiger partial charge in [-0.3, -0.25) is 9.59 Å². The van der Waals surface area contributed by atoms with Gasteiger partial charge < -0.3 is 19.7 Å². The number of nitrogens with one attached hydrogen (secondary N) is 1. The summed E-state index contributed by atoms with van der Waals surface area (Å²) < 4.78 is 11.1. The maximum Gasteiger partial charge on any atom is 0.261 e. The molecule has 1 atom stereocenters. The fourth-order valence-corrected chi connectivity index (χ4v) is 3.41. The summed E-state index contributed by atoms with van der Waals surface area (Å²) in [5.74, 6) is 0.793. The predicted molar refractivity (Wildman–Crippen MR) is 127 cm³/mol. The molecular formula is C25H33ClN2O4. The third kappa shape index (κ3) is 7.16. The molecule has 0 radical (unpaired) electrons. The number of aryl methyl sites for hydroxylation is 2. The van der Waals surface area contributed by atoms with E-state index in [-0.39, 0.29) is 25.0 Å².